The summed E-state index contributed by atoms with van der Waals surface area (Å²) in [6.45, 7) is 3.72. The molecule has 0 aromatic heterocycles. The van der Waals surface area contributed by atoms with Gasteiger partial charge in [-0.2, -0.15) is 0 Å². The third kappa shape index (κ3) is 6.57. The lowest BCUT2D eigenvalue weighted by Gasteiger charge is -2.17. The maximum absolute atomic E-state index is 11.7. The van der Waals surface area contributed by atoms with Crippen molar-refractivity contribution in [2.24, 2.45) is 5.92 Å². The topological polar surface area (TPSA) is 110 Å². The molecule has 7 nitrogen and oxygen atoms in total. The van der Waals surface area contributed by atoms with Gasteiger partial charge in [-0.3, -0.25) is 4.79 Å². The molecule has 0 saturated heterocycles. The van der Waals surface area contributed by atoms with Crippen LogP contribution in [0.1, 0.15) is 26.7 Å². The number of carboxylic acids is 1. The molecular formula is C16H23NO6S. The molecule has 0 heterocycles. The zero-order valence-electron chi connectivity index (χ0n) is 14.0. The molecule has 0 radical (unpaired) electrons. The minimum Gasteiger partial charge on any atom is -0.494 e. The molecular weight excluding hydrogens is 334 g/mol. The first-order chi connectivity index (χ1) is 11.1. The van der Waals surface area contributed by atoms with Gasteiger partial charge in [0.2, 0.25) is 5.91 Å². The summed E-state index contributed by atoms with van der Waals surface area (Å²) in [6.07, 6.45) is 1.70. The molecule has 0 fully saturated rings. The van der Waals surface area contributed by atoms with E-state index in [2.05, 4.69) is 5.32 Å². The second kappa shape index (κ2) is 8.68. The lowest BCUT2D eigenvalue weighted by molar-refractivity contribution is -0.143. The van der Waals surface area contributed by atoms with Crippen LogP contribution in [0.4, 0.5) is 0 Å². The largest absolute Gasteiger partial charge is 0.494 e. The fraction of sp³-hybridized carbons (Fsp3) is 0.500. The van der Waals surface area contributed by atoms with Crippen LogP contribution in [0.3, 0.4) is 0 Å². The van der Waals surface area contributed by atoms with E-state index >= 15 is 0 Å². The Morgan fingerprint density at radius 3 is 2.25 bits per heavy atom. The number of amides is 1. The van der Waals surface area contributed by atoms with Crippen molar-refractivity contribution in [3.05, 3.63) is 24.3 Å². The predicted octanol–water partition coefficient (Wildman–Crippen LogP) is 1.47. The van der Waals surface area contributed by atoms with Gasteiger partial charge in [-0.05, 0) is 36.6 Å². The lowest BCUT2D eigenvalue weighted by Crippen LogP contribution is -2.44. The molecule has 1 rings (SSSR count). The van der Waals surface area contributed by atoms with Crippen molar-refractivity contribution in [1.82, 2.24) is 5.32 Å². The number of aliphatic carboxylic acids is 1. The molecule has 1 aromatic carbocycles. The van der Waals surface area contributed by atoms with E-state index < -0.39 is 21.8 Å². The van der Waals surface area contributed by atoms with Crippen molar-refractivity contribution in [3.8, 4) is 5.75 Å². The van der Waals surface area contributed by atoms with Crippen molar-refractivity contribution in [3.63, 3.8) is 0 Å². The normalized spacial score (nSPS) is 12.7. The zero-order valence-corrected chi connectivity index (χ0v) is 14.8. The van der Waals surface area contributed by atoms with Crippen LogP contribution in [-0.2, 0) is 19.4 Å². The highest BCUT2D eigenvalue weighted by atomic mass is 32.2. The van der Waals surface area contributed by atoms with Crippen LogP contribution in [0.15, 0.2) is 29.2 Å². The van der Waals surface area contributed by atoms with Crippen LogP contribution >= 0.6 is 0 Å². The minimum absolute atomic E-state index is 0.151. The molecule has 1 amide bonds. The lowest BCUT2D eigenvalue weighted by atomic mass is 10.0. The Morgan fingerprint density at radius 1 is 1.21 bits per heavy atom. The van der Waals surface area contributed by atoms with Gasteiger partial charge in [0.05, 0.1) is 11.5 Å². The van der Waals surface area contributed by atoms with Gasteiger partial charge < -0.3 is 15.2 Å². The first kappa shape index (κ1) is 20.0. The van der Waals surface area contributed by atoms with Crippen LogP contribution in [-0.4, -0.2) is 44.3 Å². The number of ether oxygens (including phenoxy) is 1. The molecule has 0 aliphatic carbocycles. The zero-order chi connectivity index (χ0) is 18.3. The van der Waals surface area contributed by atoms with E-state index in [-0.39, 0.29) is 29.7 Å². The molecule has 24 heavy (non-hydrogen) atoms. The number of carbonyl (C=O) groups excluding carboxylic acids is 1. The van der Waals surface area contributed by atoms with Crippen LogP contribution < -0.4 is 10.1 Å². The van der Waals surface area contributed by atoms with Gasteiger partial charge in [-0.15, -0.1) is 0 Å². The maximum atomic E-state index is 11.7. The molecule has 8 heteroatoms. The summed E-state index contributed by atoms with van der Waals surface area (Å²) < 4.78 is 28.1. The summed E-state index contributed by atoms with van der Waals surface area (Å²) in [7, 11) is -3.24. The highest BCUT2D eigenvalue weighted by Gasteiger charge is 2.22. The van der Waals surface area contributed by atoms with Gasteiger partial charge in [0.15, 0.2) is 9.84 Å². The van der Waals surface area contributed by atoms with Gasteiger partial charge in [-0.25, -0.2) is 13.2 Å². The average molecular weight is 357 g/mol. The molecule has 0 bridgehead atoms. The monoisotopic (exact) mass is 357 g/mol. The number of carboxylic acid groups (broad SMARTS) is 1. The van der Waals surface area contributed by atoms with Crippen molar-refractivity contribution in [1.29, 1.82) is 0 Å². The number of rotatable bonds is 9. The quantitative estimate of drug-likeness (QED) is 0.648. The fourth-order valence-electron chi connectivity index (χ4n) is 1.96. The number of hydrogen-bond donors (Lipinski definition) is 2. The van der Waals surface area contributed by atoms with Gasteiger partial charge in [0.1, 0.15) is 11.8 Å². The number of nitrogens with one attached hydrogen (secondary N) is 1. The summed E-state index contributed by atoms with van der Waals surface area (Å²) in [6, 6.07) is 5.11. The van der Waals surface area contributed by atoms with Crippen LogP contribution in [0, 0.1) is 5.92 Å². The first-order valence-electron chi connectivity index (χ1n) is 7.56. The SMILES string of the molecule is CC(C)[C@H](NC(=O)CCCOc1ccc(S(C)(=O)=O)cc1)C(=O)O. The molecule has 0 aliphatic heterocycles. The minimum atomic E-state index is -3.24. The van der Waals surface area contributed by atoms with Gasteiger partial charge in [0.25, 0.3) is 0 Å². The summed E-state index contributed by atoms with van der Waals surface area (Å²) in [4.78, 5) is 23.0. The van der Waals surface area contributed by atoms with E-state index in [1.807, 2.05) is 0 Å². The van der Waals surface area contributed by atoms with Gasteiger partial charge >= 0.3 is 5.97 Å². The van der Waals surface area contributed by atoms with Crippen molar-refractivity contribution in [2.45, 2.75) is 37.6 Å². The van der Waals surface area contributed by atoms with Crippen LogP contribution in [0.5, 0.6) is 5.75 Å². The number of hydrogen-bond acceptors (Lipinski definition) is 5. The van der Waals surface area contributed by atoms with E-state index in [1.54, 1.807) is 26.0 Å². The second-order valence-corrected chi connectivity index (χ2v) is 7.84. The summed E-state index contributed by atoms with van der Waals surface area (Å²) in [5.74, 6) is -1.09. The van der Waals surface area contributed by atoms with E-state index in [1.165, 1.54) is 12.1 Å². The highest BCUT2D eigenvalue weighted by molar-refractivity contribution is 7.90. The molecule has 0 spiro atoms. The fourth-order valence-corrected chi connectivity index (χ4v) is 2.60. The Kier molecular flexibility index (Phi) is 7.21. The Bertz CT molecular complexity index is 666. The van der Waals surface area contributed by atoms with Crippen LogP contribution in [0.25, 0.3) is 0 Å². The summed E-state index contributed by atoms with van der Waals surface area (Å²) >= 11 is 0. The Hall–Kier alpha value is -2.09. The third-order valence-electron chi connectivity index (χ3n) is 3.32. The maximum Gasteiger partial charge on any atom is 0.326 e. The Labute approximate surface area is 141 Å². The molecule has 0 saturated carbocycles. The van der Waals surface area contributed by atoms with E-state index in [0.29, 0.717) is 12.2 Å². The smallest absolute Gasteiger partial charge is 0.326 e. The Morgan fingerprint density at radius 2 is 1.79 bits per heavy atom. The van der Waals surface area contributed by atoms with Crippen LogP contribution in [0.2, 0.25) is 0 Å². The molecule has 0 aliphatic rings. The second-order valence-electron chi connectivity index (χ2n) is 5.82. The molecule has 134 valence electrons. The standard InChI is InChI=1S/C16H23NO6S/c1-11(2)15(16(19)20)17-14(18)5-4-10-23-12-6-8-13(9-7-12)24(3,21)22/h6-9,11,15H,4-5,10H2,1-3H3,(H,17,18)(H,19,20)/t15-/m0/s1. The summed E-state index contributed by atoms with van der Waals surface area (Å²) in [5, 5.41) is 11.5. The van der Waals surface area contributed by atoms with E-state index in [4.69, 9.17) is 9.84 Å². The Balaban J connectivity index is 2.38. The van der Waals surface area contributed by atoms with Gasteiger partial charge in [-0.1, -0.05) is 13.8 Å². The number of carbonyl (C=O) groups is 2. The number of benzene rings is 1. The van der Waals surface area contributed by atoms with Crippen molar-refractivity contribution < 1.29 is 27.9 Å². The predicted molar refractivity (Wildman–Crippen MR) is 88.7 cm³/mol. The molecule has 2 N–H and O–H groups in total. The van der Waals surface area contributed by atoms with Gasteiger partial charge in [0, 0.05) is 12.7 Å². The third-order valence-corrected chi connectivity index (χ3v) is 4.45. The van der Waals surface area contributed by atoms with Crippen molar-refractivity contribution in [2.75, 3.05) is 12.9 Å². The first-order valence-corrected chi connectivity index (χ1v) is 9.45. The molecule has 1 aromatic rings. The molecule has 0 unspecified atom stereocenters. The van der Waals surface area contributed by atoms with E-state index in [9.17, 15) is 18.0 Å². The van der Waals surface area contributed by atoms with E-state index in [0.717, 1.165) is 6.26 Å². The number of sulfone groups is 1. The summed E-state index contributed by atoms with van der Waals surface area (Å²) in [5.41, 5.74) is 0. The molecule has 1 atom stereocenters. The highest BCUT2D eigenvalue weighted by Crippen LogP contribution is 2.16. The average Bonchev–Trinajstić information content (AvgIpc) is 2.48. The van der Waals surface area contributed by atoms with Crippen molar-refractivity contribution >= 4 is 21.7 Å².